The molecule has 4 rings (SSSR count). The van der Waals surface area contributed by atoms with E-state index >= 15 is 0 Å². The SMILES string of the molecule is CN1C(=CC(=O)CSc2nnc(-c3ccccc3)o2)C(C)(C)c2ccccc21. The van der Waals surface area contributed by atoms with E-state index in [1.54, 1.807) is 6.08 Å². The Morgan fingerprint density at radius 2 is 1.82 bits per heavy atom. The van der Waals surface area contributed by atoms with Crippen LogP contribution in [0.1, 0.15) is 19.4 Å². The van der Waals surface area contributed by atoms with Gasteiger partial charge in [0.25, 0.3) is 5.22 Å². The van der Waals surface area contributed by atoms with E-state index in [-0.39, 0.29) is 17.0 Å². The molecule has 2 aromatic carbocycles. The van der Waals surface area contributed by atoms with Crippen LogP contribution in [0, 0.1) is 0 Å². The summed E-state index contributed by atoms with van der Waals surface area (Å²) in [5.74, 6) is 0.730. The van der Waals surface area contributed by atoms with Gasteiger partial charge in [0.2, 0.25) is 5.89 Å². The molecule has 3 aromatic rings. The number of carbonyl (C=O) groups excluding carboxylic acids is 1. The topological polar surface area (TPSA) is 59.2 Å². The summed E-state index contributed by atoms with van der Waals surface area (Å²) in [6.07, 6.45) is 1.74. The summed E-state index contributed by atoms with van der Waals surface area (Å²) in [6, 6.07) is 17.8. The Balaban J connectivity index is 1.46. The van der Waals surface area contributed by atoms with Crippen LogP contribution in [0.25, 0.3) is 11.5 Å². The first kappa shape index (κ1) is 18.5. The minimum atomic E-state index is -0.212. The number of para-hydroxylation sites is 1. The lowest BCUT2D eigenvalue weighted by Gasteiger charge is -2.23. The number of benzene rings is 2. The maximum absolute atomic E-state index is 12.6. The molecule has 1 aliphatic rings. The van der Waals surface area contributed by atoms with E-state index < -0.39 is 0 Å². The van der Waals surface area contributed by atoms with Gasteiger partial charge in [-0.3, -0.25) is 4.79 Å². The average molecular weight is 391 g/mol. The number of nitrogens with zero attached hydrogens (tertiary/aromatic N) is 3. The van der Waals surface area contributed by atoms with Crippen molar-refractivity contribution in [3.63, 3.8) is 0 Å². The van der Waals surface area contributed by atoms with Gasteiger partial charge in [-0.05, 0) is 23.8 Å². The molecule has 0 saturated heterocycles. The van der Waals surface area contributed by atoms with Crippen LogP contribution in [-0.4, -0.2) is 28.8 Å². The van der Waals surface area contributed by atoms with Crippen LogP contribution in [0.2, 0.25) is 0 Å². The first-order chi connectivity index (χ1) is 13.5. The van der Waals surface area contributed by atoms with Crippen molar-refractivity contribution < 1.29 is 9.21 Å². The molecule has 0 atom stereocenters. The molecule has 5 nitrogen and oxygen atoms in total. The number of allylic oxidation sites excluding steroid dienone is 2. The predicted octanol–water partition coefficient (Wildman–Crippen LogP) is 4.71. The summed E-state index contributed by atoms with van der Waals surface area (Å²) in [7, 11) is 2.00. The molecule has 0 spiro atoms. The maximum atomic E-state index is 12.6. The van der Waals surface area contributed by atoms with Crippen molar-refractivity contribution in [2.24, 2.45) is 0 Å². The number of thioether (sulfide) groups is 1. The van der Waals surface area contributed by atoms with E-state index in [2.05, 4.69) is 41.1 Å². The predicted molar refractivity (Wildman–Crippen MR) is 111 cm³/mol. The zero-order valence-corrected chi connectivity index (χ0v) is 16.9. The van der Waals surface area contributed by atoms with Gasteiger partial charge >= 0.3 is 0 Å². The largest absolute Gasteiger partial charge is 0.411 e. The molecule has 142 valence electrons. The molecule has 0 radical (unpaired) electrons. The molecule has 0 N–H and O–H groups in total. The Labute approximate surface area is 168 Å². The third-order valence-corrected chi connectivity index (χ3v) is 5.84. The molecule has 6 heteroatoms. The van der Waals surface area contributed by atoms with E-state index in [1.807, 2.05) is 49.5 Å². The standard InChI is InChI=1S/C22H21N3O2S/c1-22(2)17-11-7-8-12-18(17)25(3)19(22)13-16(26)14-28-21-24-23-20(27-21)15-9-5-4-6-10-15/h4-13H,14H2,1-3H3. The average Bonchev–Trinajstić information content (AvgIpc) is 3.25. The number of fused-ring (bicyclic) bond motifs is 1. The number of aromatic nitrogens is 2. The molecular weight excluding hydrogens is 370 g/mol. The van der Waals surface area contributed by atoms with Crippen LogP contribution in [0.4, 0.5) is 5.69 Å². The third-order valence-electron chi connectivity index (χ3n) is 5.00. The van der Waals surface area contributed by atoms with E-state index in [4.69, 9.17) is 4.42 Å². The number of rotatable bonds is 5. The fourth-order valence-electron chi connectivity index (χ4n) is 3.55. The van der Waals surface area contributed by atoms with Crippen molar-refractivity contribution in [2.45, 2.75) is 24.5 Å². The van der Waals surface area contributed by atoms with Crippen LogP contribution < -0.4 is 4.90 Å². The quantitative estimate of drug-likeness (QED) is 0.464. The number of carbonyl (C=O) groups is 1. The van der Waals surface area contributed by atoms with Gasteiger partial charge in [-0.2, -0.15) is 0 Å². The summed E-state index contributed by atoms with van der Waals surface area (Å²) in [6.45, 7) is 4.29. The van der Waals surface area contributed by atoms with Gasteiger partial charge < -0.3 is 9.32 Å². The summed E-state index contributed by atoms with van der Waals surface area (Å²) < 4.78 is 5.66. The van der Waals surface area contributed by atoms with Gasteiger partial charge in [-0.25, -0.2) is 0 Å². The van der Waals surface area contributed by atoms with Gasteiger partial charge in [-0.15, -0.1) is 10.2 Å². The number of ketones is 1. The van der Waals surface area contributed by atoms with Crippen LogP contribution in [-0.2, 0) is 10.2 Å². The smallest absolute Gasteiger partial charge is 0.277 e. The third kappa shape index (κ3) is 3.36. The van der Waals surface area contributed by atoms with Crippen molar-refractivity contribution in [2.75, 3.05) is 17.7 Å². The summed E-state index contributed by atoms with van der Waals surface area (Å²) in [5.41, 5.74) is 4.02. The normalized spacial score (nSPS) is 16.4. The minimum Gasteiger partial charge on any atom is -0.411 e. The Bertz CT molecular complexity index is 1040. The number of likely N-dealkylation sites (N-methyl/N-ethyl adjacent to an activating group) is 1. The zero-order valence-electron chi connectivity index (χ0n) is 16.0. The van der Waals surface area contributed by atoms with Crippen molar-refractivity contribution >= 4 is 23.2 Å². The Hall–Kier alpha value is -2.86. The molecular formula is C22H21N3O2S. The Kier molecular flexibility index (Phi) is 4.81. The zero-order chi connectivity index (χ0) is 19.7. The monoisotopic (exact) mass is 391 g/mol. The lowest BCUT2D eigenvalue weighted by Crippen LogP contribution is -2.24. The summed E-state index contributed by atoms with van der Waals surface area (Å²) in [4.78, 5) is 14.7. The number of anilines is 1. The lowest BCUT2D eigenvalue weighted by atomic mass is 9.83. The molecule has 0 amide bonds. The van der Waals surface area contributed by atoms with Gasteiger partial charge in [0.05, 0.1) is 5.75 Å². The molecule has 0 unspecified atom stereocenters. The van der Waals surface area contributed by atoms with Gasteiger partial charge in [0.1, 0.15) is 0 Å². The van der Waals surface area contributed by atoms with E-state index in [9.17, 15) is 4.79 Å². The molecule has 2 heterocycles. The molecule has 1 aliphatic heterocycles. The van der Waals surface area contributed by atoms with Crippen molar-refractivity contribution in [3.8, 4) is 11.5 Å². The van der Waals surface area contributed by atoms with Gasteiger partial charge in [0, 0.05) is 35.5 Å². The van der Waals surface area contributed by atoms with E-state index in [0.717, 1.165) is 16.9 Å². The molecule has 0 bridgehead atoms. The van der Waals surface area contributed by atoms with Crippen LogP contribution in [0.15, 0.2) is 76.0 Å². The Morgan fingerprint density at radius 3 is 2.57 bits per heavy atom. The van der Waals surface area contributed by atoms with Gasteiger partial charge in [-0.1, -0.05) is 62.0 Å². The number of hydrogen-bond acceptors (Lipinski definition) is 6. The Morgan fingerprint density at radius 1 is 1.11 bits per heavy atom. The molecule has 0 fully saturated rings. The highest BCUT2D eigenvalue weighted by atomic mass is 32.2. The maximum Gasteiger partial charge on any atom is 0.277 e. The van der Waals surface area contributed by atoms with Crippen molar-refractivity contribution in [3.05, 3.63) is 71.9 Å². The van der Waals surface area contributed by atoms with Crippen molar-refractivity contribution in [1.29, 1.82) is 0 Å². The highest BCUT2D eigenvalue weighted by Gasteiger charge is 2.38. The molecule has 28 heavy (non-hydrogen) atoms. The van der Waals surface area contributed by atoms with E-state index in [1.165, 1.54) is 17.3 Å². The highest BCUT2D eigenvalue weighted by Crippen LogP contribution is 2.46. The molecule has 0 saturated carbocycles. The fraction of sp³-hybridized carbons (Fsp3) is 0.227. The second-order valence-electron chi connectivity index (χ2n) is 7.22. The van der Waals surface area contributed by atoms with Crippen LogP contribution >= 0.6 is 11.8 Å². The van der Waals surface area contributed by atoms with Crippen LogP contribution in [0.3, 0.4) is 0 Å². The fourth-order valence-corrected chi connectivity index (χ4v) is 4.14. The highest BCUT2D eigenvalue weighted by molar-refractivity contribution is 7.99. The number of hydrogen-bond donors (Lipinski definition) is 0. The lowest BCUT2D eigenvalue weighted by molar-refractivity contribution is -0.112. The van der Waals surface area contributed by atoms with Crippen molar-refractivity contribution in [1.82, 2.24) is 10.2 Å². The first-order valence-electron chi connectivity index (χ1n) is 9.07. The van der Waals surface area contributed by atoms with E-state index in [0.29, 0.717) is 11.1 Å². The van der Waals surface area contributed by atoms with Gasteiger partial charge in [0.15, 0.2) is 5.78 Å². The van der Waals surface area contributed by atoms with Crippen LogP contribution in [0.5, 0.6) is 0 Å². The molecule has 0 aliphatic carbocycles. The summed E-state index contributed by atoms with van der Waals surface area (Å²) in [5, 5.41) is 8.49. The minimum absolute atomic E-state index is 0.0205. The second kappa shape index (κ2) is 7.28. The molecule has 1 aromatic heterocycles. The summed E-state index contributed by atoms with van der Waals surface area (Å²) >= 11 is 1.26. The second-order valence-corrected chi connectivity index (χ2v) is 8.15. The first-order valence-corrected chi connectivity index (χ1v) is 10.1.